The van der Waals surface area contributed by atoms with Gasteiger partial charge in [-0.1, -0.05) is 0 Å². The van der Waals surface area contributed by atoms with E-state index in [9.17, 15) is 21.4 Å². The van der Waals surface area contributed by atoms with Crippen LogP contribution in [0.4, 0.5) is 0 Å². The second-order valence-electron chi connectivity index (χ2n) is 3.95. The average Bonchev–Trinajstić information content (AvgIpc) is 2.04. The van der Waals surface area contributed by atoms with Crippen molar-refractivity contribution in [1.29, 1.82) is 0 Å². The Kier molecular flexibility index (Phi) is 6.94. The molecule has 6 nitrogen and oxygen atoms in total. The van der Waals surface area contributed by atoms with E-state index < -0.39 is 36.8 Å². The summed E-state index contributed by atoms with van der Waals surface area (Å²) in [5.41, 5.74) is 0. The van der Waals surface area contributed by atoms with Crippen LogP contribution in [0.15, 0.2) is 0 Å². The van der Waals surface area contributed by atoms with Gasteiger partial charge in [0.1, 0.15) is 0 Å². The van der Waals surface area contributed by atoms with Gasteiger partial charge in [-0.15, -0.1) is 11.6 Å². The van der Waals surface area contributed by atoms with Gasteiger partial charge < -0.3 is 4.55 Å². The number of hydrogen-bond acceptors (Lipinski definition) is 5. The molecular formula is C7H13ClNNaO5S2. The smallest absolute Gasteiger partial charge is 0.748 e. The minimum absolute atomic E-state index is 0. The van der Waals surface area contributed by atoms with Crippen molar-refractivity contribution in [2.45, 2.75) is 35.9 Å². The van der Waals surface area contributed by atoms with Gasteiger partial charge in [0, 0.05) is 11.4 Å². The Morgan fingerprint density at radius 2 is 1.76 bits per heavy atom. The third-order valence-corrected chi connectivity index (χ3v) is 5.16. The van der Waals surface area contributed by atoms with Crippen molar-refractivity contribution >= 4 is 31.7 Å². The zero-order chi connectivity index (χ0) is 12.6. The van der Waals surface area contributed by atoms with Crippen molar-refractivity contribution < 1.29 is 50.9 Å². The molecule has 0 bridgehead atoms. The van der Waals surface area contributed by atoms with E-state index in [1.165, 1.54) is 0 Å². The monoisotopic (exact) mass is 313 g/mol. The van der Waals surface area contributed by atoms with Crippen molar-refractivity contribution in [1.82, 2.24) is 4.72 Å². The quantitative estimate of drug-likeness (QED) is 0.332. The fraction of sp³-hybridized carbons (Fsp3) is 1.00. The number of sulfonamides is 1. The molecule has 3 atom stereocenters. The van der Waals surface area contributed by atoms with Crippen LogP contribution in [0.3, 0.4) is 0 Å². The molecule has 0 spiro atoms. The van der Waals surface area contributed by atoms with E-state index in [0.717, 1.165) is 6.26 Å². The summed E-state index contributed by atoms with van der Waals surface area (Å²) in [6.07, 6.45) is 1.67. The molecule has 0 heterocycles. The van der Waals surface area contributed by atoms with Crippen LogP contribution < -0.4 is 34.3 Å². The van der Waals surface area contributed by atoms with Crippen molar-refractivity contribution in [3.8, 4) is 0 Å². The van der Waals surface area contributed by atoms with E-state index in [1.54, 1.807) is 0 Å². The van der Waals surface area contributed by atoms with Crippen molar-refractivity contribution in [2.24, 2.45) is 0 Å². The molecule has 1 aliphatic carbocycles. The van der Waals surface area contributed by atoms with Gasteiger partial charge in [-0.2, -0.15) is 0 Å². The van der Waals surface area contributed by atoms with E-state index in [0.29, 0.717) is 12.8 Å². The Morgan fingerprint density at radius 3 is 2.18 bits per heavy atom. The summed E-state index contributed by atoms with van der Waals surface area (Å²) < 4.78 is 56.9. The number of rotatable bonds is 3. The molecule has 0 radical (unpaired) electrons. The summed E-state index contributed by atoms with van der Waals surface area (Å²) in [6.45, 7) is 0. The van der Waals surface area contributed by atoms with Crippen LogP contribution in [-0.2, 0) is 20.1 Å². The normalized spacial score (nSPS) is 30.6. The van der Waals surface area contributed by atoms with Gasteiger partial charge in [-0.05, 0) is 19.3 Å². The molecule has 17 heavy (non-hydrogen) atoms. The third-order valence-electron chi connectivity index (χ3n) is 2.46. The molecule has 10 heteroatoms. The molecule has 0 aromatic carbocycles. The molecule has 0 aliphatic heterocycles. The summed E-state index contributed by atoms with van der Waals surface area (Å²) in [7, 11) is -7.88. The van der Waals surface area contributed by atoms with Gasteiger partial charge in [-0.25, -0.2) is 21.6 Å². The van der Waals surface area contributed by atoms with Gasteiger partial charge in [0.2, 0.25) is 10.0 Å². The van der Waals surface area contributed by atoms with Crippen LogP contribution >= 0.6 is 11.6 Å². The van der Waals surface area contributed by atoms with Gasteiger partial charge in [0.05, 0.1) is 21.6 Å². The Balaban J connectivity index is 0.00000256. The van der Waals surface area contributed by atoms with Gasteiger partial charge in [0.15, 0.2) is 0 Å². The van der Waals surface area contributed by atoms with Crippen LogP contribution in [-0.4, -0.2) is 44.3 Å². The average molecular weight is 314 g/mol. The first-order chi connectivity index (χ1) is 7.09. The second kappa shape index (κ2) is 6.51. The molecule has 96 valence electrons. The number of alkyl halides is 1. The minimum atomic E-state index is -4.48. The van der Waals surface area contributed by atoms with E-state index in [1.807, 2.05) is 0 Å². The molecule has 1 fully saturated rings. The molecule has 0 saturated heterocycles. The van der Waals surface area contributed by atoms with Crippen molar-refractivity contribution in [2.75, 3.05) is 6.26 Å². The predicted molar refractivity (Wildman–Crippen MR) is 58.7 cm³/mol. The van der Waals surface area contributed by atoms with Crippen LogP contribution in [0, 0.1) is 0 Å². The zero-order valence-electron chi connectivity index (χ0n) is 9.59. The van der Waals surface area contributed by atoms with Crippen LogP contribution in [0.25, 0.3) is 0 Å². The first kappa shape index (κ1) is 18.1. The number of hydrogen-bond donors (Lipinski definition) is 1. The molecule has 1 rings (SSSR count). The molecule has 0 aromatic heterocycles. The summed E-state index contributed by atoms with van der Waals surface area (Å²) >= 11 is 5.75. The SMILES string of the molecule is CS(=O)(=O)NC1CCC(Cl)C(S(=O)(=O)[O-])C1.[Na+]. The summed E-state index contributed by atoms with van der Waals surface area (Å²) in [5, 5.41) is -1.96. The maximum Gasteiger partial charge on any atom is 1.00 e. The van der Waals surface area contributed by atoms with Crippen LogP contribution in [0.2, 0.25) is 0 Å². The molecule has 1 saturated carbocycles. The summed E-state index contributed by atoms with van der Waals surface area (Å²) in [4.78, 5) is 0. The van der Waals surface area contributed by atoms with Crippen molar-refractivity contribution in [3.05, 3.63) is 0 Å². The van der Waals surface area contributed by atoms with Gasteiger partial charge in [0.25, 0.3) is 0 Å². The van der Waals surface area contributed by atoms with Gasteiger partial charge in [-0.3, -0.25) is 0 Å². The number of nitrogens with one attached hydrogen (secondary N) is 1. The molecule has 1 N–H and O–H groups in total. The maximum atomic E-state index is 11.0. The Hall–Kier alpha value is 1.11. The molecule has 1 aliphatic rings. The third kappa shape index (κ3) is 6.20. The molecule has 0 aromatic rings. The van der Waals surface area contributed by atoms with E-state index in [-0.39, 0.29) is 36.0 Å². The topological polar surface area (TPSA) is 103 Å². The van der Waals surface area contributed by atoms with E-state index >= 15 is 0 Å². The Morgan fingerprint density at radius 1 is 1.24 bits per heavy atom. The number of halogens is 1. The second-order valence-corrected chi connectivity index (χ2v) is 7.88. The molecular weight excluding hydrogens is 301 g/mol. The van der Waals surface area contributed by atoms with Crippen LogP contribution in [0.1, 0.15) is 19.3 Å². The van der Waals surface area contributed by atoms with Crippen LogP contribution in [0.5, 0.6) is 0 Å². The fourth-order valence-corrected chi connectivity index (χ4v) is 4.19. The molecule has 3 unspecified atom stereocenters. The standard InChI is InChI=1S/C7H14ClNO5S2.Na/c1-15(10,11)9-5-2-3-6(8)7(4-5)16(12,13)14;/h5-7,9H,2-4H2,1H3,(H,12,13,14);/q;+1/p-1. The first-order valence-electron chi connectivity index (χ1n) is 4.65. The maximum absolute atomic E-state index is 11.0. The summed E-state index contributed by atoms with van der Waals surface area (Å²) in [6, 6.07) is -0.529. The minimum Gasteiger partial charge on any atom is -0.748 e. The fourth-order valence-electron chi connectivity index (χ4n) is 1.80. The van der Waals surface area contributed by atoms with E-state index in [4.69, 9.17) is 11.6 Å². The predicted octanol–water partition coefficient (Wildman–Crippen LogP) is -3.39. The Bertz CT molecular complexity index is 451. The van der Waals surface area contributed by atoms with Crippen molar-refractivity contribution in [3.63, 3.8) is 0 Å². The van der Waals surface area contributed by atoms with E-state index in [2.05, 4.69) is 4.72 Å². The molecule has 0 amide bonds. The first-order valence-corrected chi connectivity index (χ1v) is 8.45. The Labute approximate surface area is 129 Å². The zero-order valence-corrected chi connectivity index (χ0v) is 14.0. The largest absolute Gasteiger partial charge is 1.00 e. The van der Waals surface area contributed by atoms with Gasteiger partial charge >= 0.3 is 29.6 Å². The summed E-state index contributed by atoms with van der Waals surface area (Å²) in [5.74, 6) is 0.